The highest BCUT2D eigenvalue weighted by Crippen LogP contribution is 2.50. The van der Waals surface area contributed by atoms with Crippen LogP contribution in [0.2, 0.25) is 0 Å². The maximum atomic E-state index is 13.1. The van der Waals surface area contributed by atoms with Crippen molar-refractivity contribution in [2.45, 2.75) is 90.9 Å². The highest BCUT2D eigenvalue weighted by atomic mass is 16.5. The second-order valence-electron chi connectivity index (χ2n) is 12.5. The van der Waals surface area contributed by atoms with Crippen LogP contribution in [0.25, 0.3) is 0 Å². The van der Waals surface area contributed by atoms with Crippen molar-refractivity contribution in [3.63, 3.8) is 0 Å². The van der Waals surface area contributed by atoms with Crippen LogP contribution in [0, 0.1) is 16.7 Å². The zero-order valence-corrected chi connectivity index (χ0v) is 23.9. The van der Waals surface area contributed by atoms with Gasteiger partial charge in [0.15, 0.2) is 0 Å². The zero-order chi connectivity index (χ0) is 28.2. The number of carbonyl (C=O) groups excluding carboxylic acids is 2. The predicted molar refractivity (Wildman–Crippen MR) is 151 cm³/mol. The third-order valence-corrected chi connectivity index (χ3v) is 8.95. The summed E-state index contributed by atoms with van der Waals surface area (Å²) in [7, 11) is 0. The number of nitrogens with two attached hydrogens (primary N) is 1. The summed E-state index contributed by atoms with van der Waals surface area (Å²) in [6, 6.07) is 3.19. The number of rotatable bonds is 9. The molecule has 0 radical (unpaired) electrons. The van der Waals surface area contributed by atoms with Gasteiger partial charge in [0.1, 0.15) is 23.9 Å². The van der Waals surface area contributed by atoms with Gasteiger partial charge in [0.25, 0.3) is 0 Å². The molecule has 1 saturated carbocycles. The van der Waals surface area contributed by atoms with E-state index in [4.69, 9.17) is 19.9 Å². The smallest absolute Gasteiger partial charge is 0.316 e. The summed E-state index contributed by atoms with van der Waals surface area (Å²) >= 11 is 0. The Morgan fingerprint density at radius 1 is 1.23 bits per heavy atom. The Bertz CT molecular complexity index is 1110. The molecule has 1 heterocycles. The lowest BCUT2D eigenvalue weighted by molar-refractivity contribution is -0.147. The van der Waals surface area contributed by atoms with E-state index in [0.29, 0.717) is 38.2 Å². The van der Waals surface area contributed by atoms with E-state index in [1.807, 2.05) is 13.8 Å². The molecule has 1 aliphatic heterocycles. The molecule has 1 aromatic rings. The molecule has 39 heavy (non-hydrogen) atoms. The van der Waals surface area contributed by atoms with E-state index < -0.39 is 11.4 Å². The van der Waals surface area contributed by atoms with E-state index in [1.165, 1.54) is 18.1 Å². The molecule has 214 valence electrons. The molecule has 1 aromatic carbocycles. The maximum absolute atomic E-state index is 13.1. The van der Waals surface area contributed by atoms with Crippen LogP contribution >= 0.6 is 0 Å². The lowest BCUT2D eigenvalue weighted by Crippen LogP contribution is -2.35. The van der Waals surface area contributed by atoms with E-state index in [0.717, 1.165) is 49.7 Å². The molecule has 7 heteroatoms. The van der Waals surface area contributed by atoms with Crippen LogP contribution in [0.4, 0.5) is 0 Å². The Hall–Kier alpha value is -2.80. The van der Waals surface area contributed by atoms with Gasteiger partial charge in [0.05, 0.1) is 18.4 Å². The second kappa shape index (κ2) is 12.2. The molecule has 0 unspecified atom stereocenters. The van der Waals surface area contributed by atoms with Crippen molar-refractivity contribution < 1.29 is 28.9 Å². The minimum Gasteiger partial charge on any atom is -0.507 e. The number of allylic oxidation sites excluding steroid dienone is 2. The standard InChI is InChI=1S/C32H45NO6/c1-21-9-10-24-22(2)19-38-27-17-23(16-26(34)29(27)25(24)15-21)39-30(36)31(3,4)11-8-14-37-28(35)18-32(20-33)12-6-5-7-13-32/h15-17,24-25,34H,2,5-14,18-20,33H2,1,3-4H3/t24-,25+/m0/s1. The van der Waals surface area contributed by atoms with Gasteiger partial charge in [-0.3, -0.25) is 9.59 Å². The van der Waals surface area contributed by atoms with E-state index in [2.05, 4.69) is 19.6 Å². The second-order valence-corrected chi connectivity index (χ2v) is 12.5. The monoisotopic (exact) mass is 539 g/mol. The number of ether oxygens (including phenoxy) is 3. The van der Waals surface area contributed by atoms with Crippen LogP contribution in [-0.2, 0) is 14.3 Å². The molecule has 3 aliphatic rings. The number of benzene rings is 1. The van der Waals surface area contributed by atoms with Crippen molar-refractivity contribution >= 4 is 11.9 Å². The topological polar surface area (TPSA) is 108 Å². The Morgan fingerprint density at radius 2 is 1.97 bits per heavy atom. The van der Waals surface area contributed by atoms with E-state index >= 15 is 0 Å². The molecule has 0 saturated heterocycles. The van der Waals surface area contributed by atoms with Gasteiger partial charge in [-0.15, -0.1) is 0 Å². The maximum Gasteiger partial charge on any atom is 0.316 e. The van der Waals surface area contributed by atoms with Crippen molar-refractivity contribution in [3.8, 4) is 17.2 Å². The van der Waals surface area contributed by atoms with E-state index in [9.17, 15) is 14.7 Å². The van der Waals surface area contributed by atoms with Gasteiger partial charge in [0.2, 0.25) is 0 Å². The Morgan fingerprint density at radius 3 is 2.69 bits per heavy atom. The van der Waals surface area contributed by atoms with Crippen molar-refractivity contribution in [2.75, 3.05) is 19.8 Å². The van der Waals surface area contributed by atoms with Crippen molar-refractivity contribution in [2.24, 2.45) is 22.5 Å². The fraction of sp³-hybridized carbons (Fsp3) is 0.625. The van der Waals surface area contributed by atoms with Gasteiger partial charge in [-0.05, 0) is 82.7 Å². The van der Waals surface area contributed by atoms with Crippen LogP contribution in [0.15, 0.2) is 35.9 Å². The van der Waals surface area contributed by atoms with Gasteiger partial charge in [-0.25, -0.2) is 0 Å². The molecule has 7 nitrogen and oxygen atoms in total. The molecule has 0 amide bonds. The molecule has 4 rings (SSSR count). The molecule has 2 aliphatic carbocycles. The summed E-state index contributed by atoms with van der Waals surface area (Å²) in [5.41, 5.74) is 8.09. The lowest BCUT2D eigenvalue weighted by atomic mass is 9.72. The molecule has 1 fully saturated rings. The van der Waals surface area contributed by atoms with Gasteiger partial charge < -0.3 is 25.1 Å². The number of aromatic hydroxyl groups is 1. The molecule has 0 bridgehead atoms. The van der Waals surface area contributed by atoms with Crippen molar-refractivity contribution in [1.29, 1.82) is 0 Å². The Balaban J connectivity index is 1.33. The van der Waals surface area contributed by atoms with Crippen molar-refractivity contribution in [1.82, 2.24) is 0 Å². The van der Waals surface area contributed by atoms with Crippen LogP contribution in [0.5, 0.6) is 17.2 Å². The molecule has 3 N–H and O–H groups in total. The van der Waals surface area contributed by atoms with Crippen LogP contribution in [-0.4, -0.2) is 36.8 Å². The first-order valence-electron chi connectivity index (χ1n) is 14.5. The summed E-state index contributed by atoms with van der Waals surface area (Å²) < 4.78 is 17.2. The summed E-state index contributed by atoms with van der Waals surface area (Å²) in [6.45, 7) is 11.1. The van der Waals surface area contributed by atoms with E-state index in [-0.39, 0.29) is 41.3 Å². The molecule has 0 aromatic heterocycles. The molecule has 0 spiro atoms. The summed E-state index contributed by atoms with van der Waals surface area (Å²) in [5, 5.41) is 11.0. The largest absolute Gasteiger partial charge is 0.507 e. The van der Waals surface area contributed by atoms with Gasteiger partial charge in [0, 0.05) is 23.6 Å². The van der Waals surface area contributed by atoms with Crippen LogP contribution < -0.4 is 15.2 Å². The number of hydrogen-bond acceptors (Lipinski definition) is 7. The number of phenols is 1. The lowest BCUT2D eigenvalue weighted by Gasteiger charge is -2.35. The minimum atomic E-state index is -0.805. The number of esters is 2. The highest BCUT2D eigenvalue weighted by Gasteiger charge is 2.36. The normalized spacial score (nSPS) is 22.5. The van der Waals surface area contributed by atoms with Gasteiger partial charge in [-0.1, -0.05) is 37.5 Å². The summed E-state index contributed by atoms with van der Waals surface area (Å²) in [5.74, 6) is 0.407. The zero-order valence-electron chi connectivity index (χ0n) is 23.9. The molecular formula is C32H45NO6. The Labute approximate surface area is 232 Å². The third kappa shape index (κ3) is 6.86. The third-order valence-electron chi connectivity index (χ3n) is 8.95. The number of phenolic OH excluding ortho intramolecular Hbond substituents is 1. The first kappa shape index (κ1) is 29.2. The summed E-state index contributed by atoms with van der Waals surface area (Å²) in [4.78, 5) is 25.5. The summed E-state index contributed by atoms with van der Waals surface area (Å²) in [6.07, 6.45) is 11.0. The fourth-order valence-corrected chi connectivity index (χ4v) is 6.35. The number of carbonyl (C=O) groups is 2. The van der Waals surface area contributed by atoms with Gasteiger partial charge >= 0.3 is 11.9 Å². The minimum absolute atomic E-state index is 0.00880. The number of fused-ring (bicyclic) bond motifs is 3. The highest BCUT2D eigenvalue weighted by molar-refractivity contribution is 5.78. The average Bonchev–Trinajstić information content (AvgIpc) is 3.03. The molecular weight excluding hydrogens is 494 g/mol. The Kier molecular flexibility index (Phi) is 9.10. The quantitative estimate of drug-likeness (QED) is 0.163. The van der Waals surface area contributed by atoms with Gasteiger partial charge in [-0.2, -0.15) is 0 Å². The fourth-order valence-electron chi connectivity index (χ4n) is 6.35. The first-order chi connectivity index (χ1) is 18.5. The van der Waals surface area contributed by atoms with Crippen LogP contribution in [0.3, 0.4) is 0 Å². The number of hydrogen-bond donors (Lipinski definition) is 2. The predicted octanol–water partition coefficient (Wildman–Crippen LogP) is 6.34. The molecule has 2 atom stereocenters. The van der Waals surface area contributed by atoms with E-state index in [1.54, 1.807) is 6.07 Å². The first-order valence-corrected chi connectivity index (χ1v) is 14.5. The van der Waals surface area contributed by atoms with Crippen molar-refractivity contribution in [3.05, 3.63) is 41.5 Å². The average molecular weight is 540 g/mol. The van der Waals surface area contributed by atoms with Crippen LogP contribution in [0.1, 0.15) is 96.5 Å². The SMILES string of the molecule is C=C1COc2cc(OC(=O)C(C)(C)CCCOC(=O)CC3(CN)CCCCC3)cc(O)c2[C@@H]2C=C(C)CC[C@@H]12.